The molecule has 0 aromatic heterocycles. The normalized spacial score (nSPS) is 14.1. The number of halogens is 1. The third kappa shape index (κ3) is 3.53. The van der Waals surface area contributed by atoms with Crippen LogP contribution in [0.1, 0.15) is 41.6 Å². The maximum Gasteiger partial charge on any atom is 0.270 e. The minimum absolute atomic E-state index is 0.0994. The van der Waals surface area contributed by atoms with Gasteiger partial charge in [0.15, 0.2) is 0 Å². The van der Waals surface area contributed by atoms with Crippen molar-refractivity contribution in [3.05, 3.63) is 39.2 Å². The van der Waals surface area contributed by atoms with Crippen LogP contribution in [-0.2, 0) is 0 Å². The average Bonchev–Trinajstić information content (AvgIpc) is 3.21. The van der Waals surface area contributed by atoms with E-state index in [1.807, 2.05) is 0 Å². The minimum Gasteiger partial charge on any atom is -0.352 e. The van der Waals surface area contributed by atoms with Crippen LogP contribution in [0.15, 0.2) is 12.1 Å². The second kappa shape index (κ2) is 5.98. The van der Waals surface area contributed by atoms with Crippen LogP contribution >= 0.6 is 0 Å². The van der Waals surface area contributed by atoms with Gasteiger partial charge in [-0.15, -0.1) is 0 Å². The van der Waals surface area contributed by atoms with Crippen molar-refractivity contribution in [3.8, 4) is 0 Å². The van der Waals surface area contributed by atoms with Gasteiger partial charge in [-0.2, -0.15) is 0 Å². The third-order valence-corrected chi connectivity index (χ3v) is 3.47. The number of nitro groups is 1. The summed E-state index contributed by atoms with van der Waals surface area (Å²) in [6.07, 6.45) is 4.43. The van der Waals surface area contributed by atoms with Crippen molar-refractivity contribution in [1.29, 1.82) is 0 Å². The van der Waals surface area contributed by atoms with Crippen LogP contribution in [0.25, 0.3) is 0 Å². The van der Waals surface area contributed by atoms with Crippen molar-refractivity contribution in [2.75, 3.05) is 6.54 Å². The standard InChI is InChI=1S/C14H17FN2O3/c1-9-7-11(17(19)20)8-12(13(9)15)14(18)16-6-2-3-10-4-5-10/h7-8,10H,2-6H2,1H3,(H,16,18). The number of rotatable bonds is 6. The maximum absolute atomic E-state index is 13.9. The molecule has 1 N–H and O–H groups in total. The first-order chi connectivity index (χ1) is 9.49. The summed E-state index contributed by atoms with van der Waals surface area (Å²) in [7, 11) is 0. The molecule has 1 aliphatic carbocycles. The Bertz CT molecular complexity index is 541. The largest absolute Gasteiger partial charge is 0.352 e. The van der Waals surface area contributed by atoms with Gasteiger partial charge < -0.3 is 5.32 Å². The second-order valence-electron chi connectivity index (χ2n) is 5.22. The van der Waals surface area contributed by atoms with Crippen LogP contribution in [0.5, 0.6) is 0 Å². The molecule has 0 unspecified atom stereocenters. The van der Waals surface area contributed by atoms with E-state index >= 15 is 0 Å². The van der Waals surface area contributed by atoms with Gasteiger partial charge in [0.25, 0.3) is 11.6 Å². The molecule has 1 fully saturated rings. The van der Waals surface area contributed by atoms with E-state index in [0.29, 0.717) is 6.54 Å². The Morgan fingerprint density at radius 1 is 1.50 bits per heavy atom. The molecule has 20 heavy (non-hydrogen) atoms. The highest BCUT2D eigenvalue weighted by molar-refractivity contribution is 5.95. The Hall–Kier alpha value is -1.98. The predicted octanol–water partition coefficient (Wildman–Crippen LogP) is 2.96. The number of aryl methyl sites for hydroxylation is 1. The highest BCUT2D eigenvalue weighted by Gasteiger charge is 2.21. The molecule has 1 aromatic rings. The van der Waals surface area contributed by atoms with Crippen LogP contribution < -0.4 is 5.32 Å². The molecular weight excluding hydrogens is 263 g/mol. The summed E-state index contributed by atoms with van der Waals surface area (Å²) in [6.45, 7) is 1.88. The van der Waals surface area contributed by atoms with Gasteiger partial charge in [-0.25, -0.2) is 4.39 Å². The van der Waals surface area contributed by atoms with E-state index in [-0.39, 0.29) is 16.8 Å². The summed E-state index contributed by atoms with van der Waals surface area (Å²) in [4.78, 5) is 22.0. The van der Waals surface area contributed by atoms with Crippen LogP contribution in [0.4, 0.5) is 10.1 Å². The lowest BCUT2D eigenvalue weighted by Gasteiger charge is -2.07. The van der Waals surface area contributed by atoms with Gasteiger partial charge in [0.1, 0.15) is 5.82 Å². The molecule has 5 nitrogen and oxygen atoms in total. The molecule has 1 aliphatic rings. The summed E-state index contributed by atoms with van der Waals surface area (Å²) < 4.78 is 13.9. The van der Waals surface area contributed by atoms with Crippen LogP contribution in [0.3, 0.4) is 0 Å². The van der Waals surface area contributed by atoms with Crippen molar-refractivity contribution < 1.29 is 14.1 Å². The van der Waals surface area contributed by atoms with Crippen molar-refractivity contribution >= 4 is 11.6 Å². The molecule has 0 saturated heterocycles. The van der Waals surface area contributed by atoms with E-state index in [1.54, 1.807) is 0 Å². The molecule has 1 saturated carbocycles. The monoisotopic (exact) mass is 280 g/mol. The first kappa shape index (κ1) is 14.4. The Kier molecular flexibility index (Phi) is 4.32. The Balaban J connectivity index is 2.01. The first-order valence-corrected chi connectivity index (χ1v) is 6.71. The molecule has 0 radical (unpaired) electrons. The molecule has 2 rings (SSSR count). The summed E-state index contributed by atoms with van der Waals surface area (Å²) in [6, 6.07) is 2.11. The van der Waals surface area contributed by atoms with Gasteiger partial charge in [-0.05, 0) is 31.2 Å². The molecular formula is C14H17FN2O3. The first-order valence-electron chi connectivity index (χ1n) is 6.71. The molecule has 0 bridgehead atoms. The van der Waals surface area contributed by atoms with E-state index < -0.39 is 16.6 Å². The fraction of sp³-hybridized carbons (Fsp3) is 0.500. The van der Waals surface area contributed by atoms with E-state index in [4.69, 9.17) is 0 Å². The lowest BCUT2D eigenvalue weighted by Crippen LogP contribution is -2.25. The van der Waals surface area contributed by atoms with E-state index in [2.05, 4.69) is 5.32 Å². The third-order valence-electron chi connectivity index (χ3n) is 3.47. The maximum atomic E-state index is 13.9. The Morgan fingerprint density at radius 3 is 2.80 bits per heavy atom. The number of nitro benzene ring substituents is 1. The van der Waals surface area contributed by atoms with Gasteiger partial charge in [0.2, 0.25) is 0 Å². The molecule has 0 spiro atoms. The van der Waals surface area contributed by atoms with E-state index in [1.165, 1.54) is 19.8 Å². The molecule has 1 amide bonds. The number of non-ortho nitro benzene ring substituents is 1. The van der Waals surface area contributed by atoms with Crippen LogP contribution in [0, 0.1) is 28.8 Å². The number of hydrogen-bond acceptors (Lipinski definition) is 3. The van der Waals surface area contributed by atoms with E-state index in [9.17, 15) is 19.3 Å². The SMILES string of the molecule is Cc1cc([N+](=O)[O-])cc(C(=O)NCCCC2CC2)c1F. The topological polar surface area (TPSA) is 72.2 Å². The number of nitrogens with zero attached hydrogens (tertiary/aromatic N) is 1. The molecule has 1 aromatic carbocycles. The molecule has 6 heteroatoms. The Morgan fingerprint density at radius 2 is 2.20 bits per heavy atom. The number of amides is 1. The minimum atomic E-state index is -0.699. The van der Waals surface area contributed by atoms with Crippen molar-refractivity contribution in [3.63, 3.8) is 0 Å². The van der Waals surface area contributed by atoms with Gasteiger partial charge in [0, 0.05) is 18.7 Å². The smallest absolute Gasteiger partial charge is 0.270 e. The molecule has 0 aliphatic heterocycles. The van der Waals surface area contributed by atoms with Gasteiger partial charge in [-0.1, -0.05) is 12.8 Å². The predicted molar refractivity (Wildman–Crippen MR) is 72.1 cm³/mol. The summed E-state index contributed by atoms with van der Waals surface area (Å²) >= 11 is 0. The molecule has 0 heterocycles. The van der Waals surface area contributed by atoms with E-state index in [0.717, 1.165) is 30.9 Å². The Labute approximate surface area is 116 Å². The number of carbonyl (C=O) groups is 1. The lowest BCUT2D eigenvalue weighted by molar-refractivity contribution is -0.385. The lowest BCUT2D eigenvalue weighted by atomic mass is 10.1. The van der Waals surface area contributed by atoms with Gasteiger partial charge in [-0.3, -0.25) is 14.9 Å². The van der Waals surface area contributed by atoms with Crippen molar-refractivity contribution in [2.45, 2.75) is 32.6 Å². The molecule has 0 atom stereocenters. The number of carbonyl (C=O) groups excluding carboxylic acids is 1. The second-order valence-corrected chi connectivity index (χ2v) is 5.22. The zero-order valence-corrected chi connectivity index (χ0v) is 11.3. The average molecular weight is 280 g/mol. The summed E-state index contributed by atoms with van der Waals surface area (Å²) in [5.41, 5.74) is -0.433. The number of nitrogens with one attached hydrogen (secondary N) is 1. The zero-order chi connectivity index (χ0) is 14.7. The van der Waals surface area contributed by atoms with Crippen LogP contribution in [-0.4, -0.2) is 17.4 Å². The van der Waals surface area contributed by atoms with Crippen molar-refractivity contribution in [1.82, 2.24) is 5.32 Å². The quantitative estimate of drug-likeness (QED) is 0.494. The highest BCUT2D eigenvalue weighted by Crippen LogP contribution is 2.33. The fourth-order valence-electron chi connectivity index (χ4n) is 2.12. The van der Waals surface area contributed by atoms with Crippen LogP contribution in [0.2, 0.25) is 0 Å². The summed E-state index contributed by atoms with van der Waals surface area (Å²) in [5.74, 6) is -0.510. The number of hydrogen-bond donors (Lipinski definition) is 1. The van der Waals surface area contributed by atoms with Gasteiger partial charge >= 0.3 is 0 Å². The summed E-state index contributed by atoms with van der Waals surface area (Å²) in [5, 5.41) is 13.3. The molecule has 108 valence electrons. The highest BCUT2D eigenvalue weighted by atomic mass is 19.1. The zero-order valence-electron chi connectivity index (χ0n) is 11.3. The van der Waals surface area contributed by atoms with Crippen molar-refractivity contribution in [2.24, 2.45) is 5.92 Å². The fourth-order valence-corrected chi connectivity index (χ4v) is 2.12. The number of benzene rings is 1. The van der Waals surface area contributed by atoms with Gasteiger partial charge in [0.05, 0.1) is 10.5 Å².